The molecule has 1 aliphatic carbocycles. The number of hydrogen-bond donors (Lipinski definition) is 0. The summed E-state index contributed by atoms with van der Waals surface area (Å²) in [4.78, 5) is 12.7. The van der Waals surface area contributed by atoms with E-state index in [1.807, 2.05) is 0 Å². The molecule has 0 bridgehead atoms. The number of hydrogen-bond acceptors (Lipinski definition) is 5. The molecule has 0 saturated carbocycles. The van der Waals surface area contributed by atoms with Crippen LogP contribution in [0.1, 0.15) is 28.8 Å². The van der Waals surface area contributed by atoms with Gasteiger partial charge in [0, 0.05) is 16.5 Å². The normalized spacial score (nSPS) is 18.8. The van der Waals surface area contributed by atoms with E-state index in [0.717, 1.165) is 0 Å². The van der Waals surface area contributed by atoms with Crippen molar-refractivity contribution in [3.8, 4) is 0 Å². The third-order valence-electron chi connectivity index (χ3n) is 5.84. The van der Waals surface area contributed by atoms with Crippen LogP contribution >= 0.6 is 15.9 Å². The van der Waals surface area contributed by atoms with Crippen LogP contribution in [0, 0.1) is 0 Å². The van der Waals surface area contributed by atoms with Crippen LogP contribution < -0.4 is 0 Å². The number of ketones is 1. The van der Waals surface area contributed by atoms with Crippen molar-refractivity contribution in [1.29, 1.82) is 0 Å². The Bertz CT molecular complexity index is 1340. The summed E-state index contributed by atoms with van der Waals surface area (Å²) < 4.78 is 68.7. The number of carbonyl (C=O) groups excluding carboxylic acids is 1. The number of carbonyl (C=O) groups is 1. The monoisotopic (exact) mass is 550 g/mol. The fourth-order valence-corrected chi connectivity index (χ4v) is 9.04. The topological polar surface area (TPSA) is 85.3 Å². The average Bonchev–Trinajstić information content (AvgIpc) is 2.81. The van der Waals surface area contributed by atoms with Crippen molar-refractivity contribution in [3.63, 3.8) is 0 Å². The van der Waals surface area contributed by atoms with Crippen LogP contribution in [0.15, 0.2) is 93.1 Å². The van der Waals surface area contributed by atoms with E-state index >= 15 is 4.39 Å². The molecule has 0 unspecified atom stereocenters. The molecular formula is C24H20BrFO5S2. The van der Waals surface area contributed by atoms with E-state index in [2.05, 4.69) is 15.9 Å². The summed E-state index contributed by atoms with van der Waals surface area (Å²) in [5.41, 5.74) is -1.88. The van der Waals surface area contributed by atoms with Gasteiger partial charge in [0.05, 0.1) is 9.79 Å². The lowest BCUT2D eigenvalue weighted by molar-refractivity contribution is 0.0621. The maximum atomic E-state index is 16.2. The molecule has 1 atom stereocenters. The van der Waals surface area contributed by atoms with Gasteiger partial charge in [-0.05, 0) is 54.8 Å². The molecule has 4 rings (SSSR count). The molecule has 3 aromatic carbocycles. The minimum Gasteiger partial charge on any atom is -0.291 e. The summed E-state index contributed by atoms with van der Waals surface area (Å²) >= 11 is 3.26. The molecule has 0 heterocycles. The van der Waals surface area contributed by atoms with Crippen molar-refractivity contribution in [3.05, 3.63) is 94.5 Å². The van der Waals surface area contributed by atoms with Crippen LogP contribution in [0.2, 0.25) is 0 Å². The van der Waals surface area contributed by atoms with Gasteiger partial charge < -0.3 is 0 Å². The maximum Gasteiger partial charge on any atom is 0.200 e. The molecule has 0 spiro atoms. The largest absolute Gasteiger partial charge is 0.291 e. The molecule has 0 aromatic heterocycles. The Morgan fingerprint density at radius 1 is 0.848 bits per heavy atom. The minimum absolute atomic E-state index is 0.131. The van der Waals surface area contributed by atoms with Crippen LogP contribution in [0.4, 0.5) is 4.39 Å². The Hall–Kier alpha value is -2.36. The zero-order valence-electron chi connectivity index (χ0n) is 17.3. The second-order valence-corrected chi connectivity index (χ2v) is 13.4. The van der Waals surface area contributed by atoms with Gasteiger partial charge in [-0.1, -0.05) is 58.4 Å². The van der Waals surface area contributed by atoms with Crippen LogP contribution in [0.5, 0.6) is 0 Å². The summed E-state index contributed by atoms with van der Waals surface area (Å²) in [5, 5.41) is 0. The predicted octanol–water partition coefficient (Wildman–Crippen LogP) is 4.95. The number of alkyl halides is 1. The Labute approximate surface area is 200 Å². The molecule has 1 aliphatic rings. The van der Waals surface area contributed by atoms with Gasteiger partial charge in [-0.2, -0.15) is 0 Å². The van der Waals surface area contributed by atoms with Crippen LogP contribution in [0.25, 0.3) is 0 Å². The predicted molar refractivity (Wildman–Crippen MR) is 126 cm³/mol. The fourth-order valence-electron chi connectivity index (χ4n) is 4.03. The van der Waals surface area contributed by atoms with E-state index in [1.165, 1.54) is 54.6 Å². The van der Waals surface area contributed by atoms with Crippen molar-refractivity contribution in [2.24, 2.45) is 0 Å². The lowest BCUT2D eigenvalue weighted by atomic mass is 9.79. The lowest BCUT2D eigenvalue weighted by Crippen LogP contribution is -2.45. The molecule has 5 nitrogen and oxygen atoms in total. The second-order valence-electron chi connectivity index (χ2n) is 7.95. The van der Waals surface area contributed by atoms with Crippen molar-refractivity contribution in [2.45, 2.75) is 39.3 Å². The molecule has 33 heavy (non-hydrogen) atoms. The highest BCUT2D eigenvalue weighted by Gasteiger charge is 2.51. The SMILES string of the molecule is O=C1c2cc(Br)ccc2CC[C@]1(F)CC(S(=O)(=O)c1ccccc1)S(=O)(=O)c1ccccc1. The summed E-state index contributed by atoms with van der Waals surface area (Å²) in [7, 11) is -9.09. The molecule has 0 radical (unpaired) electrons. The molecular weight excluding hydrogens is 531 g/mol. The van der Waals surface area contributed by atoms with E-state index in [0.29, 0.717) is 10.0 Å². The first kappa shape index (κ1) is 23.8. The molecule has 172 valence electrons. The van der Waals surface area contributed by atoms with Gasteiger partial charge in [-0.15, -0.1) is 0 Å². The third-order valence-corrected chi connectivity index (χ3v) is 11.4. The van der Waals surface area contributed by atoms with Gasteiger partial charge >= 0.3 is 0 Å². The van der Waals surface area contributed by atoms with Crippen molar-refractivity contribution in [2.75, 3.05) is 0 Å². The fraction of sp³-hybridized carbons (Fsp3) is 0.208. The van der Waals surface area contributed by atoms with E-state index in [9.17, 15) is 21.6 Å². The van der Waals surface area contributed by atoms with Gasteiger partial charge in [-0.3, -0.25) is 4.79 Å². The zero-order valence-corrected chi connectivity index (χ0v) is 20.5. The van der Waals surface area contributed by atoms with E-state index < -0.39 is 42.1 Å². The Balaban J connectivity index is 1.84. The maximum absolute atomic E-state index is 16.2. The number of sulfone groups is 2. The molecule has 0 fully saturated rings. The molecule has 0 aliphatic heterocycles. The first-order valence-corrected chi connectivity index (χ1v) is 14.0. The average molecular weight is 551 g/mol. The van der Waals surface area contributed by atoms with Gasteiger partial charge in [0.2, 0.25) is 0 Å². The molecule has 0 saturated heterocycles. The number of Topliss-reactive ketones (excluding diaryl/α,β-unsaturated/α-hetero) is 1. The van der Waals surface area contributed by atoms with E-state index in [1.54, 1.807) is 24.3 Å². The van der Waals surface area contributed by atoms with Gasteiger partial charge in [0.15, 0.2) is 35.7 Å². The first-order valence-electron chi connectivity index (χ1n) is 10.2. The smallest absolute Gasteiger partial charge is 0.200 e. The molecule has 0 N–H and O–H groups in total. The van der Waals surface area contributed by atoms with Gasteiger partial charge in [0.1, 0.15) is 0 Å². The Morgan fingerprint density at radius 3 is 1.88 bits per heavy atom. The summed E-state index contributed by atoms with van der Waals surface area (Å²) in [6.45, 7) is 0. The Kier molecular flexibility index (Phi) is 6.32. The van der Waals surface area contributed by atoms with Crippen molar-refractivity contribution >= 4 is 41.4 Å². The summed E-state index contributed by atoms with van der Waals surface area (Å²) in [6, 6.07) is 19.0. The zero-order chi connectivity index (χ0) is 23.9. The van der Waals surface area contributed by atoms with E-state index in [4.69, 9.17) is 0 Å². The summed E-state index contributed by atoms with van der Waals surface area (Å²) in [6.07, 6.45) is -1.10. The van der Waals surface area contributed by atoms with Gasteiger partial charge in [-0.25, -0.2) is 21.2 Å². The van der Waals surface area contributed by atoms with Gasteiger partial charge in [0.25, 0.3) is 0 Å². The van der Waals surface area contributed by atoms with E-state index in [-0.39, 0.29) is 28.2 Å². The highest BCUT2D eigenvalue weighted by atomic mass is 79.9. The quantitative estimate of drug-likeness (QED) is 0.433. The lowest BCUT2D eigenvalue weighted by Gasteiger charge is -2.32. The second kappa shape index (κ2) is 8.77. The number of halogens is 2. The number of benzene rings is 3. The number of aryl methyl sites for hydroxylation is 1. The van der Waals surface area contributed by atoms with Crippen LogP contribution in [0.3, 0.4) is 0 Å². The standard InChI is InChI=1S/C24H20BrFO5S2/c25-18-12-11-17-13-14-24(26,23(27)21(17)15-18)16-22(32(28,29)19-7-3-1-4-8-19)33(30,31)20-9-5-2-6-10-20/h1-12,15,22H,13-14,16H2/t24-/m0/s1. The number of rotatable bonds is 6. The highest BCUT2D eigenvalue weighted by molar-refractivity contribution is 9.10. The first-order chi connectivity index (χ1) is 15.6. The van der Waals surface area contributed by atoms with Crippen molar-refractivity contribution in [1.82, 2.24) is 0 Å². The molecule has 0 amide bonds. The summed E-state index contributed by atoms with van der Waals surface area (Å²) in [5.74, 6) is -0.901. The molecule has 9 heteroatoms. The molecule has 3 aromatic rings. The third kappa shape index (κ3) is 4.41. The van der Waals surface area contributed by atoms with Crippen LogP contribution in [-0.4, -0.2) is 32.9 Å². The minimum atomic E-state index is -4.54. The Morgan fingerprint density at radius 2 is 1.36 bits per heavy atom. The highest BCUT2D eigenvalue weighted by Crippen LogP contribution is 2.40. The number of fused-ring (bicyclic) bond motifs is 1. The van der Waals surface area contributed by atoms with Crippen molar-refractivity contribution < 1.29 is 26.0 Å². The van der Waals surface area contributed by atoms with Crippen LogP contribution in [-0.2, 0) is 26.1 Å².